The molecule has 0 saturated heterocycles. The van der Waals surface area contributed by atoms with E-state index in [2.05, 4.69) is 48.5 Å². The first kappa shape index (κ1) is 11.4. The van der Waals surface area contributed by atoms with E-state index in [0.717, 1.165) is 18.4 Å². The van der Waals surface area contributed by atoms with E-state index in [-0.39, 0.29) is 0 Å². The molecule has 0 amide bonds. The van der Waals surface area contributed by atoms with Crippen LogP contribution >= 0.6 is 11.3 Å². The van der Waals surface area contributed by atoms with Crippen LogP contribution in [0.5, 0.6) is 0 Å². The Morgan fingerprint density at radius 3 is 2.57 bits per heavy atom. The van der Waals surface area contributed by atoms with E-state index >= 15 is 0 Å². The highest BCUT2D eigenvalue weighted by Gasteiger charge is 2.26. The van der Waals surface area contributed by atoms with E-state index < -0.39 is 0 Å². The number of thiophene rings is 1. The predicted molar refractivity (Wildman–Crippen MR) is 90.3 cm³/mol. The van der Waals surface area contributed by atoms with Gasteiger partial charge in [-0.1, -0.05) is 36.4 Å². The highest BCUT2D eigenvalue weighted by molar-refractivity contribution is 7.22. The molecule has 0 radical (unpaired) electrons. The van der Waals surface area contributed by atoms with Gasteiger partial charge in [0, 0.05) is 26.2 Å². The summed E-state index contributed by atoms with van der Waals surface area (Å²) in [7, 11) is 0. The summed E-state index contributed by atoms with van der Waals surface area (Å²) in [5.41, 5.74) is 5.26. The number of aryl methyl sites for hydroxylation is 1. The van der Waals surface area contributed by atoms with Crippen molar-refractivity contribution in [3.8, 4) is 10.4 Å². The van der Waals surface area contributed by atoms with Crippen molar-refractivity contribution in [3.63, 3.8) is 0 Å². The Morgan fingerprint density at radius 1 is 0.905 bits per heavy atom. The van der Waals surface area contributed by atoms with Crippen LogP contribution in [-0.4, -0.2) is 4.68 Å². The van der Waals surface area contributed by atoms with E-state index in [0.29, 0.717) is 0 Å². The minimum atomic E-state index is 1.02. The van der Waals surface area contributed by atoms with Crippen LogP contribution < -0.4 is 5.84 Å². The molecule has 21 heavy (non-hydrogen) atoms. The lowest BCUT2D eigenvalue weighted by Gasteiger charge is -2.14. The summed E-state index contributed by atoms with van der Waals surface area (Å²) >= 11 is 1.90. The van der Waals surface area contributed by atoms with Gasteiger partial charge in [-0.3, -0.25) is 4.68 Å². The standard InChI is InChI=1S/C18H14N2S/c19-20-14-7-3-1-6-13(14)17-15(20)10-9-12-11-5-2-4-8-16(11)21-18(12)17/h1-8H,9-10,19H2. The van der Waals surface area contributed by atoms with Gasteiger partial charge in [0.1, 0.15) is 0 Å². The first-order valence-corrected chi connectivity index (χ1v) is 8.04. The third-order valence-corrected chi connectivity index (χ3v) is 5.78. The third kappa shape index (κ3) is 1.37. The number of nitrogens with zero attached hydrogens (tertiary/aromatic N) is 1. The van der Waals surface area contributed by atoms with Crippen LogP contribution in [0.3, 0.4) is 0 Å². The Balaban J connectivity index is 1.97. The number of hydrogen-bond acceptors (Lipinski definition) is 2. The topological polar surface area (TPSA) is 30.9 Å². The average Bonchev–Trinajstić information content (AvgIpc) is 3.04. The monoisotopic (exact) mass is 290 g/mol. The molecular weight excluding hydrogens is 276 g/mol. The Bertz CT molecular complexity index is 1010. The van der Waals surface area contributed by atoms with E-state index in [1.165, 1.54) is 37.2 Å². The summed E-state index contributed by atoms with van der Waals surface area (Å²) in [4.78, 5) is 1.41. The van der Waals surface area contributed by atoms with Gasteiger partial charge < -0.3 is 5.84 Å². The first-order chi connectivity index (χ1) is 10.3. The van der Waals surface area contributed by atoms with Gasteiger partial charge in [0.15, 0.2) is 0 Å². The molecule has 0 spiro atoms. The second-order valence-corrected chi connectivity index (χ2v) is 6.67. The summed E-state index contributed by atoms with van der Waals surface area (Å²) in [5, 5.41) is 2.69. The van der Waals surface area contributed by atoms with E-state index in [1.54, 1.807) is 0 Å². The number of nitrogen functional groups attached to an aromatic ring is 1. The predicted octanol–water partition coefficient (Wildman–Crippen LogP) is 4.34. The molecule has 102 valence electrons. The third-order valence-electron chi connectivity index (χ3n) is 4.55. The first-order valence-electron chi connectivity index (χ1n) is 7.23. The molecule has 2 N–H and O–H groups in total. The van der Waals surface area contributed by atoms with Crippen molar-refractivity contribution in [1.29, 1.82) is 0 Å². The fourth-order valence-corrected chi connectivity index (χ4v) is 4.94. The van der Waals surface area contributed by atoms with Gasteiger partial charge in [0.05, 0.1) is 5.52 Å². The minimum Gasteiger partial charge on any atom is -0.339 e. The second kappa shape index (κ2) is 3.89. The van der Waals surface area contributed by atoms with E-state index in [1.807, 2.05) is 16.0 Å². The van der Waals surface area contributed by atoms with Gasteiger partial charge >= 0.3 is 0 Å². The number of fused-ring (bicyclic) bond motifs is 7. The van der Waals surface area contributed by atoms with Crippen LogP contribution in [0.4, 0.5) is 0 Å². The molecule has 0 atom stereocenters. The second-order valence-electron chi connectivity index (χ2n) is 5.61. The smallest absolute Gasteiger partial charge is 0.0700 e. The van der Waals surface area contributed by atoms with Crippen LogP contribution in [-0.2, 0) is 12.8 Å². The lowest BCUT2D eigenvalue weighted by Crippen LogP contribution is -2.14. The molecule has 0 unspecified atom stereocenters. The summed E-state index contributed by atoms with van der Waals surface area (Å²) in [6, 6.07) is 17.2. The Labute approximate surface area is 126 Å². The molecule has 0 saturated carbocycles. The normalized spacial score (nSPS) is 13.5. The molecule has 2 heterocycles. The van der Waals surface area contributed by atoms with Gasteiger partial charge in [0.2, 0.25) is 0 Å². The number of hydrogen-bond donors (Lipinski definition) is 1. The maximum atomic E-state index is 6.33. The molecule has 3 heteroatoms. The SMILES string of the molecule is Nn1c2c(c3ccccc31)-c1sc3ccccc3c1CC2. The van der Waals surface area contributed by atoms with Gasteiger partial charge in [-0.2, -0.15) is 0 Å². The molecule has 0 fully saturated rings. The van der Waals surface area contributed by atoms with Crippen LogP contribution in [0, 0.1) is 0 Å². The molecule has 2 aromatic carbocycles. The number of para-hydroxylation sites is 1. The fourth-order valence-electron chi connectivity index (χ4n) is 3.61. The highest BCUT2D eigenvalue weighted by Crippen LogP contribution is 2.47. The quantitative estimate of drug-likeness (QED) is 0.480. The minimum absolute atomic E-state index is 1.02. The molecule has 2 nitrogen and oxygen atoms in total. The molecule has 0 bridgehead atoms. The lowest BCUT2D eigenvalue weighted by atomic mass is 9.93. The number of rotatable bonds is 0. The van der Waals surface area contributed by atoms with Crippen molar-refractivity contribution in [2.45, 2.75) is 12.8 Å². The summed E-state index contributed by atoms with van der Waals surface area (Å²) in [5.74, 6) is 6.33. The molecular formula is C18H14N2S. The zero-order chi connectivity index (χ0) is 14.0. The van der Waals surface area contributed by atoms with Crippen molar-refractivity contribution in [3.05, 3.63) is 59.8 Å². The zero-order valence-corrected chi connectivity index (χ0v) is 12.3. The average molecular weight is 290 g/mol. The van der Waals surface area contributed by atoms with Crippen molar-refractivity contribution in [2.24, 2.45) is 0 Å². The molecule has 4 aromatic rings. The molecule has 1 aliphatic carbocycles. The van der Waals surface area contributed by atoms with E-state index in [9.17, 15) is 0 Å². The largest absolute Gasteiger partial charge is 0.339 e. The highest BCUT2D eigenvalue weighted by atomic mass is 32.1. The van der Waals surface area contributed by atoms with E-state index in [4.69, 9.17) is 5.84 Å². The molecule has 1 aliphatic rings. The Hall–Kier alpha value is -2.26. The molecule has 5 rings (SSSR count). The summed E-state index contributed by atoms with van der Waals surface area (Å²) in [6.07, 6.45) is 2.11. The Morgan fingerprint density at radius 2 is 1.67 bits per heavy atom. The van der Waals surface area contributed by atoms with Gasteiger partial charge in [0.25, 0.3) is 0 Å². The maximum Gasteiger partial charge on any atom is 0.0700 e. The lowest BCUT2D eigenvalue weighted by molar-refractivity contribution is 0.853. The van der Waals surface area contributed by atoms with Gasteiger partial charge in [-0.05, 0) is 35.9 Å². The summed E-state index contributed by atoms with van der Waals surface area (Å²) < 4.78 is 3.27. The van der Waals surface area contributed by atoms with Gasteiger partial charge in [-0.15, -0.1) is 11.3 Å². The molecule has 2 aromatic heterocycles. The fraction of sp³-hybridized carbons (Fsp3) is 0.111. The number of aromatic nitrogens is 1. The van der Waals surface area contributed by atoms with Crippen LogP contribution in [0.2, 0.25) is 0 Å². The number of nitrogens with two attached hydrogens (primary N) is 1. The van der Waals surface area contributed by atoms with Crippen molar-refractivity contribution in [2.75, 3.05) is 5.84 Å². The van der Waals surface area contributed by atoms with Crippen molar-refractivity contribution >= 4 is 32.3 Å². The van der Waals surface area contributed by atoms with Crippen LogP contribution in [0.15, 0.2) is 48.5 Å². The van der Waals surface area contributed by atoms with Crippen molar-refractivity contribution in [1.82, 2.24) is 4.68 Å². The number of benzene rings is 2. The maximum absolute atomic E-state index is 6.33. The van der Waals surface area contributed by atoms with Crippen molar-refractivity contribution < 1.29 is 0 Å². The zero-order valence-electron chi connectivity index (χ0n) is 11.5. The van der Waals surface area contributed by atoms with Crippen LogP contribution in [0.25, 0.3) is 31.4 Å². The summed E-state index contributed by atoms with van der Waals surface area (Å²) in [6.45, 7) is 0. The molecule has 0 aliphatic heterocycles. The van der Waals surface area contributed by atoms with Crippen LogP contribution in [0.1, 0.15) is 11.3 Å². The van der Waals surface area contributed by atoms with Gasteiger partial charge in [-0.25, -0.2) is 0 Å². The Kier molecular flexibility index (Phi) is 2.11.